The van der Waals surface area contributed by atoms with Crippen LogP contribution in [-0.4, -0.2) is 7.11 Å². The van der Waals surface area contributed by atoms with E-state index in [0.29, 0.717) is 17.1 Å². The first kappa shape index (κ1) is 14.8. The summed E-state index contributed by atoms with van der Waals surface area (Å²) < 4.78 is 19.0. The molecule has 20 heavy (non-hydrogen) atoms. The predicted octanol–water partition coefficient (Wildman–Crippen LogP) is 4.34. The smallest absolute Gasteiger partial charge is 0.169 e. The van der Waals surface area contributed by atoms with Crippen LogP contribution in [0, 0.1) is 5.82 Å². The topological polar surface area (TPSA) is 21.3 Å². The molecule has 0 saturated carbocycles. The zero-order chi connectivity index (χ0) is 14.5. The van der Waals surface area contributed by atoms with Gasteiger partial charge in [0.05, 0.1) is 7.11 Å². The first-order valence-electron chi connectivity index (χ1n) is 6.42. The van der Waals surface area contributed by atoms with Gasteiger partial charge in [-0.25, -0.2) is 4.39 Å². The number of benzene rings is 2. The molecule has 0 fully saturated rings. The largest absolute Gasteiger partial charge is 0.494 e. The third-order valence-electron chi connectivity index (χ3n) is 3.21. The highest BCUT2D eigenvalue weighted by atomic mass is 35.5. The maximum Gasteiger partial charge on any atom is 0.169 e. The van der Waals surface area contributed by atoms with Gasteiger partial charge in [0.2, 0.25) is 0 Å². The van der Waals surface area contributed by atoms with Gasteiger partial charge in [0, 0.05) is 23.2 Å². The molecule has 0 bridgehead atoms. The summed E-state index contributed by atoms with van der Waals surface area (Å²) >= 11 is 5.97. The van der Waals surface area contributed by atoms with Gasteiger partial charge in [0.1, 0.15) is 0 Å². The lowest BCUT2D eigenvalue weighted by molar-refractivity contribution is 0.382. The normalized spacial score (nSPS) is 12.2. The Kier molecular flexibility index (Phi) is 4.99. The van der Waals surface area contributed by atoms with Gasteiger partial charge in [-0.2, -0.15) is 0 Å². The van der Waals surface area contributed by atoms with Crippen LogP contribution in [-0.2, 0) is 6.54 Å². The van der Waals surface area contributed by atoms with Crippen LogP contribution in [0.2, 0.25) is 5.02 Å². The van der Waals surface area contributed by atoms with E-state index in [4.69, 9.17) is 16.3 Å². The average molecular weight is 294 g/mol. The lowest BCUT2D eigenvalue weighted by Gasteiger charge is -2.15. The molecule has 0 radical (unpaired) electrons. The zero-order valence-corrected chi connectivity index (χ0v) is 12.2. The molecule has 0 aliphatic carbocycles. The molecule has 0 saturated heterocycles. The summed E-state index contributed by atoms with van der Waals surface area (Å²) in [4.78, 5) is 0. The fourth-order valence-electron chi connectivity index (χ4n) is 2.01. The van der Waals surface area contributed by atoms with Crippen molar-refractivity contribution < 1.29 is 9.13 Å². The monoisotopic (exact) mass is 293 g/mol. The molecular formula is C16H17ClFNO. The van der Waals surface area contributed by atoms with Crippen LogP contribution in [0.1, 0.15) is 24.1 Å². The van der Waals surface area contributed by atoms with Crippen LogP contribution in [0.25, 0.3) is 0 Å². The molecule has 2 rings (SSSR count). The summed E-state index contributed by atoms with van der Waals surface area (Å²) in [5, 5.41) is 3.98. The van der Waals surface area contributed by atoms with Gasteiger partial charge in [0.15, 0.2) is 11.6 Å². The Balaban J connectivity index is 2.05. The number of methoxy groups -OCH3 is 1. The molecule has 1 atom stereocenters. The SMILES string of the molecule is COc1cccc(CNC(C)c2cccc(Cl)c2)c1F. The summed E-state index contributed by atoms with van der Waals surface area (Å²) in [6.07, 6.45) is 0. The Morgan fingerprint density at radius 2 is 2.00 bits per heavy atom. The maximum absolute atomic E-state index is 14.0. The summed E-state index contributed by atoms with van der Waals surface area (Å²) in [6, 6.07) is 12.9. The van der Waals surface area contributed by atoms with Crippen LogP contribution in [0.4, 0.5) is 4.39 Å². The fourth-order valence-corrected chi connectivity index (χ4v) is 2.21. The molecule has 2 aromatic carbocycles. The van der Waals surface area contributed by atoms with Gasteiger partial charge in [-0.1, -0.05) is 35.9 Å². The summed E-state index contributed by atoms with van der Waals surface area (Å²) in [5.41, 5.74) is 1.65. The highest BCUT2D eigenvalue weighted by Crippen LogP contribution is 2.21. The second-order valence-electron chi connectivity index (χ2n) is 4.59. The van der Waals surface area contributed by atoms with Gasteiger partial charge < -0.3 is 10.1 Å². The molecule has 2 nitrogen and oxygen atoms in total. The number of halogens is 2. The number of rotatable bonds is 5. The molecule has 2 aromatic rings. The van der Waals surface area contributed by atoms with E-state index in [-0.39, 0.29) is 17.6 Å². The lowest BCUT2D eigenvalue weighted by Crippen LogP contribution is -2.18. The minimum atomic E-state index is -0.319. The molecule has 0 spiro atoms. The van der Waals surface area contributed by atoms with Crippen LogP contribution < -0.4 is 10.1 Å². The third kappa shape index (κ3) is 3.50. The number of ether oxygens (including phenoxy) is 1. The van der Waals surface area contributed by atoms with Gasteiger partial charge in [-0.3, -0.25) is 0 Å². The fraction of sp³-hybridized carbons (Fsp3) is 0.250. The molecule has 0 heterocycles. The van der Waals surface area contributed by atoms with Crippen LogP contribution >= 0.6 is 11.6 Å². The Morgan fingerprint density at radius 1 is 1.25 bits per heavy atom. The Bertz CT molecular complexity index is 588. The van der Waals surface area contributed by atoms with Crippen LogP contribution in [0.3, 0.4) is 0 Å². The predicted molar refractivity (Wildman–Crippen MR) is 79.7 cm³/mol. The van der Waals surface area contributed by atoms with E-state index in [1.165, 1.54) is 7.11 Å². The minimum absolute atomic E-state index is 0.0827. The molecule has 1 unspecified atom stereocenters. The number of hydrogen-bond donors (Lipinski definition) is 1. The van der Waals surface area contributed by atoms with E-state index in [1.807, 2.05) is 31.2 Å². The second-order valence-corrected chi connectivity index (χ2v) is 5.03. The molecule has 0 aliphatic heterocycles. The van der Waals surface area contributed by atoms with Crippen molar-refractivity contribution in [1.82, 2.24) is 5.32 Å². The van der Waals surface area contributed by atoms with Crippen molar-refractivity contribution in [3.05, 3.63) is 64.4 Å². The Labute approximate surface area is 123 Å². The zero-order valence-electron chi connectivity index (χ0n) is 11.5. The molecule has 0 aliphatic rings. The van der Waals surface area contributed by atoms with Crippen LogP contribution in [0.5, 0.6) is 5.75 Å². The van der Waals surface area contributed by atoms with Crippen LogP contribution in [0.15, 0.2) is 42.5 Å². The summed E-state index contributed by atoms with van der Waals surface area (Å²) in [5.74, 6) is -0.0551. The second kappa shape index (κ2) is 6.73. The third-order valence-corrected chi connectivity index (χ3v) is 3.45. The van der Waals surface area contributed by atoms with Crippen molar-refractivity contribution in [2.45, 2.75) is 19.5 Å². The first-order valence-corrected chi connectivity index (χ1v) is 6.80. The average Bonchev–Trinajstić information content (AvgIpc) is 2.46. The van der Waals surface area contributed by atoms with Crippen molar-refractivity contribution in [2.24, 2.45) is 0 Å². The Morgan fingerprint density at radius 3 is 2.70 bits per heavy atom. The summed E-state index contributed by atoms with van der Waals surface area (Å²) in [7, 11) is 1.46. The molecule has 1 N–H and O–H groups in total. The van der Waals surface area contributed by atoms with E-state index in [0.717, 1.165) is 5.56 Å². The van der Waals surface area contributed by atoms with Gasteiger partial charge >= 0.3 is 0 Å². The highest BCUT2D eigenvalue weighted by molar-refractivity contribution is 6.30. The van der Waals surface area contributed by atoms with E-state index in [2.05, 4.69) is 5.32 Å². The standard InChI is InChI=1S/C16H17ClFNO/c1-11(12-5-3-7-14(17)9-12)19-10-13-6-4-8-15(20-2)16(13)18/h3-9,11,19H,10H2,1-2H3. The van der Waals surface area contributed by atoms with Crippen molar-refractivity contribution in [3.63, 3.8) is 0 Å². The lowest BCUT2D eigenvalue weighted by atomic mass is 10.1. The number of hydrogen-bond acceptors (Lipinski definition) is 2. The quantitative estimate of drug-likeness (QED) is 0.885. The Hall–Kier alpha value is -1.58. The van der Waals surface area contributed by atoms with Crippen molar-refractivity contribution in [3.8, 4) is 5.75 Å². The van der Waals surface area contributed by atoms with Crippen molar-refractivity contribution >= 4 is 11.6 Å². The van der Waals surface area contributed by atoms with E-state index in [9.17, 15) is 4.39 Å². The maximum atomic E-state index is 14.0. The van der Waals surface area contributed by atoms with E-state index in [1.54, 1.807) is 18.2 Å². The molecule has 0 amide bonds. The van der Waals surface area contributed by atoms with Gasteiger partial charge in [0.25, 0.3) is 0 Å². The molecule has 106 valence electrons. The molecule has 4 heteroatoms. The minimum Gasteiger partial charge on any atom is -0.494 e. The van der Waals surface area contributed by atoms with E-state index >= 15 is 0 Å². The molecular weight excluding hydrogens is 277 g/mol. The number of nitrogens with one attached hydrogen (secondary N) is 1. The first-order chi connectivity index (χ1) is 9.61. The van der Waals surface area contributed by atoms with Crippen molar-refractivity contribution in [2.75, 3.05) is 7.11 Å². The van der Waals surface area contributed by atoms with Gasteiger partial charge in [-0.05, 0) is 30.7 Å². The van der Waals surface area contributed by atoms with Crippen molar-refractivity contribution in [1.29, 1.82) is 0 Å². The summed E-state index contributed by atoms with van der Waals surface area (Å²) in [6.45, 7) is 2.44. The highest BCUT2D eigenvalue weighted by Gasteiger charge is 2.10. The van der Waals surface area contributed by atoms with E-state index < -0.39 is 0 Å². The molecule has 0 aromatic heterocycles. The van der Waals surface area contributed by atoms with Gasteiger partial charge in [-0.15, -0.1) is 0 Å².